The van der Waals surface area contributed by atoms with Gasteiger partial charge >= 0.3 is 5.97 Å². The summed E-state index contributed by atoms with van der Waals surface area (Å²) in [5.74, 6) is 0.959. The van der Waals surface area contributed by atoms with E-state index in [0.29, 0.717) is 30.7 Å². The Kier molecular flexibility index (Phi) is 4.43. The highest BCUT2D eigenvalue weighted by Gasteiger charge is 2.57. The maximum Gasteiger partial charge on any atom is 0.306 e. The molecule has 23 heavy (non-hydrogen) atoms. The third kappa shape index (κ3) is 3.87. The Hall–Kier alpha value is -1.10. The molecule has 5 nitrogen and oxygen atoms in total. The number of rotatable bonds is 6. The summed E-state index contributed by atoms with van der Waals surface area (Å²) in [5.41, 5.74) is -0.649. The lowest BCUT2D eigenvalue weighted by atomic mass is 9.47. The Morgan fingerprint density at radius 2 is 1.87 bits per heavy atom. The van der Waals surface area contributed by atoms with Crippen LogP contribution in [0.3, 0.4) is 0 Å². The third-order valence-electron chi connectivity index (χ3n) is 5.74. The predicted octanol–water partition coefficient (Wildman–Crippen LogP) is 2.02. The number of esters is 1. The van der Waals surface area contributed by atoms with Crippen LogP contribution in [0.25, 0.3) is 0 Å². The molecule has 0 saturated heterocycles. The molecule has 0 radical (unpaired) electrons. The Balaban J connectivity index is 1.49. The van der Waals surface area contributed by atoms with Crippen LogP contribution in [0.2, 0.25) is 0 Å². The topological polar surface area (TPSA) is 75.6 Å². The highest BCUT2D eigenvalue weighted by molar-refractivity contribution is 5.80. The van der Waals surface area contributed by atoms with Crippen molar-refractivity contribution in [2.24, 2.45) is 23.2 Å². The van der Waals surface area contributed by atoms with Gasteiger partial charge < -0.3 is 15.2 Å². The summed E-state index contributed by atoms with van der Waals surface area (Å²) < 4.78 is 5.18. The molecule has 4 aliphatic carbocycles. The minimum absolute atomic E-state index is 0.0929. The van der Waals surface area contributed by atoms with Crippen LogP contribution in [0.5, 0.6) is 0 Å². The van der Waals surface area contributed by atoms with Crippen LogP contribution >= 0.6 is 0 Å². The zero-order valence-electron chi connectivity index (χ0n) is 14.3. The van der Waals surface area contributed by atoms with Crippen LogP contribution < -0.4 is 5.32 Å². The van der Waals surface area contributed by atoms with Crippen molar-refractivity contribution in [1.82, 2.24) is 5.32 Å². The van der Waals surface area contributed by atoms with Crippen LogP contribution in [0.1, 0.15) is 58.8 Å². The van der Waals surface area contributed by atoms with Crippen molar-refractivity contribution in [2.75, 3.05) is 13.2 Å². The molecule has 0 aromatic heterocycles. The molecule has 0 spiro atoms. The van der Waals surface area contributed by atoms with E-state index in [1.807, 2.05) is 13.8 Å². The lowest BCUT2D eigenvalue weighted by Crippen LogP contribution is -2.56. The number of carbonyl (C=O) groups is 2. The summed E-state index contributed by atoms with van der Waals surface area (Å²) in [6, 6.07) is 0. The van der Waals surface area contributed by atoms with E-state index in [0.717, 1.165) is 32.1 Å². The molecule has 4 atom stereocenters. The van der Waals surface area contributed by atoms with Gasteiger partial charge in [0.05, 0.1) is 12.0 Å². The third-order valence-corrected chi connectivity index (χ3v) is 5.74. The first-order valence-electron chi connectivity index (χ1n) is 8.92. The van der Waals surface area contributed by atoms with E-state index >= 15 is 0 Å². The van der Waals surface area contributed by atoms with Gasteiger partial charge in [-0.3, -0.25) is 9.59 Å². The van der Waals surface area contributed by atoms with Gasteiger partial charge in [0, 0.05) is 6.54 Å². The van der Waals surface area contributed by atoms with Crippen molar-refractivity contribution in [1.29, 1.82) is 0 Å². The molecule has 2 N–H and O–H groups in total. The summed E-state index contributed by atoms with van der Waals surface area (Å²) >= 11 is 0. The molecule has 0 aliphatic heterocycles. The Labute approximate surface area is 138 Å². The summed E-state index contributed by atoms with van der Waals surface area (Å²) in [7, 11) is 0. The molecule has 0 aromatic rings. The highest BCUT2D eigenvalue weighted by atomic mass is 16.5. The number of amides is 1. The fraction of sp³-hybridized carbons (Fsp3) is 0.889. The molecule has 0 aromatic carbocycles. The molecule has 4 aliphatic rings. The van der Waals surface area contributed by atoms with Gasteiger partial charge in [0.25, 0.3) is 5.91 Å². The SMILES string of the molecule is CC(C)CNC(=O)COC(=O)CC12C[C@@H]3C[C@@H](CC(O)(C3)C1)C2. The van der Waals surface area contributed by atoms with Gasteiger partial charge in [-0.15, -0.1) is 0 Å². The maximum atomic E-state index is 12.2. The van der Waals surface area contributed by atoms with E-state index in [2.05, 4.69) is 5.32 Å². The second kappa shape index (κ2) is 6.08. The molecule has 1 amide bonds. The van der Waals surface area contributed by atoms with Gasteiger partial charge in [0.15, 0.2) is 6.61 Å². The number of hydrogen-bond acceptors (Lipinski definition) is 4. The number of ether oxygens (including phenoxy) is 1. The summed E-state index contributed by atoms with van der Waals surface area (Å²) in [6.07, 6.45) is 6.13. The smallest absolute Gasteiger partial charge is 0.306 e. The maximum absolute atomic E-state index is 12.2. The average molecular weight is 323 g/mol. The quantitative estimate of drug-likeness (QED) is 0.733. The number of aliphatic hydroxyl groups is 1. The van der Waals surface area contributed by atoms with Crippen LogP contribution in [-0.2, 0) is 14.3 Å². The molecule has 4 bridgehead atoms. The first kappa shape index (κ1) is 16.7. The van der Waals surface area contributed by atoms with Gasteiger partial charge in [-0.2, -0.15) is 0 Å². The minimum Gasteiger partial charge on any atom is -0.456 e. The van der Waals surface area contributed by atoms with Gasteiger partial charge in [0.2, 0.25) is 0 Å². The van der Waals surface area contributed by atoms with Crippen molar-refractivity contribution in [3.05, 3.63) is 0 Å². The average Bonchev–Trinajstić information content (AvgIpc) is 2.39. The van der Waals surface area contributed by atoms with E-state index in [4.69, 9.17) is 4.74 Å². The molecule has 130 valence electrons. The monoisotopic (exact) mass is 323 g/mol. The summed E-state index contributed by atoms with van der Waals surface area (Å²) in [6.45, 7) is 4.43. The molecule has 5 heteroatoms. The predicted molar refractivity (Wildman–Crippen MR) is 85.5 cm³/mol. The normalized spacial score (nSPS) is 37.9. The van der Waals surface area contributed by atoms with E-state index in [9.17, 15) is 14.7 Å². The molecule has 4 rings (SSSR count). The molecular formula is C18H29NO4. The fourth-order valence-corrected chi connectivity index (χ4v) is 5.48. The summed E-state index contributed by atoms with van der Waals surface area (Å²) in [5, 5.41) is 13.5. The second-order valence-electron chi connectivity index (χ2n) is 8.72. The lowest BCUT2D eigenvalue weighted by molar-refractivity contribution is -0.177. The van der Waals surface area contributed by atoms with Crippen LogP contribution in [-0.4, -0.2) is 35.7 Å². The van der Waals surface area contributed by atoms with E-state index < -0.39 is 5.60 Å². The molecular weight excluding hydrogens is 294 g/mol. The molecule has 4 fully saturated rings. The zero-order chi connectivity index (χ0) is 16.7. The Morgan fingerprint density at radius 3 is 2.43 bits per heavy atom. The van der Waals surface area contributed by atoms with Gasteiger partial charge in [-0.05, 0) is 61.7 Å². The number of nitrogens with one attached hydrogen (secondary N) is 1. The largest absolute Gasteiger partial charge is 0.456 e. The fourth-order valence-electron chi connectivity index (χ4n) is 5.48. The van der Waals surface area contributed by atoms with Crippen molar-refractivity contribution >= 4 is 11.9 Å². The Morgan fingerprint density at radius 1 is 1.22 bits per heavy atom. The first-order valence-corrected chi connectivity index (χ1v) is 8.92. The van der Waals surface area contributed by atoms with Gasteiger partial charge in [0.1, 0.15) is 0 Å². The van der Waals surface area contributed by atoms with Crippen molar-refractivity contribution in [3.63, 3.8) is 0 Å². The van der Waals surface area contributed by atoms with Gasteiger partial charge in [-0.25, -0.2) is 0 Å². The van der Waals surface area contributed by atoms with Crippen molar-refractivity contribution in [3.8, 4) is 0 Å². The van der Waals surface area contributed by atoms with Crippen molar-refractivity contribution < 1.29 is 19.4 Å². The van der Waals surface area contributed by atoms with Crippen LogP contribution in [0.15, 0.2) is 0 Å². The molecule has 4 saturated carbocycles. The summed E-state index contributed by atoms with van der Waals surface area (Å²) in [4.78, 5) is 23.8. The van der Waals surface area contributed by atoms with Crippen molar-refractivity contribution in [2.45, 2.75) is 64.4 Å². The van der Waals surface area contributed by atoms with Crippen LogP contribution in [0.4, 0.5) is 0 Å². The Bertz CT molecular complexity index is 473. The lowest BCUT2D eigenvalue weighted by Gasteiger charge is -2.60. The molecule has 0 heterocycles. The van der Waals surface area contributed by atoms with Crippen LogP contribution in [0, 0.1) is 23.2 Å². The van der Waals surface area contributed by atoms with E-state index in [-0.39, 0.29) is 23.9 Å². The van der Waals surface area contributed by atoms with Gasteiger partial charge in [-0.1, -0.05) is 13.8 Å². The highest BCUT2D eigenvalue weighted by Crippen LogP contribution is 2.62. The zero-order valence-corrected chi connectivity index (χ0v) is 14.3. The number of carbonyl (C=O) groups excluding carboxylic acids is 2. The minimum atomic E-state index is -0.557. The molecule has 2 unspecified atom stereocenters. The van der Waals surface area contributed by atoms with E-state index in [1.54, 1.807) is 0 Å². The standard InChI is InChI=1S/C18H29NO4/c1-12(2)9-19-15(20)10-23-16(21)8-17-4-13-3-14(5-17)7-18(22,6-13)11-17/h12-14,22H,3-11H2,1-2H3,(H,19,20)/t13-,14+,17?,18?. The first-order chi connectivity index (χ1) is 10.8. The number of hydrogen-bond donors (Lipinski definition) is 2. The second-order valence-corrected chi connectivity index (χ2v) is 8.72. The van der Waals surface area contributed by atoms with E-state index in [1.165, 1.54) is 6.42 Å².